The second-order valence-corrected chi connectivity index (χ2v) is 4.77. The van der Waals surface area contributed by atoms with Crippen LogP contribution in [0.2, 0.25) is 0 Å². The van der Waals surface area contributed by atoms with E-state index in [9.17, 15) is 9.18 Å². The third kappa shape index (κ3) is 3.56. The number of anilines is 1. The molecule has 0 aliphatic rings. The van der Waals surface area contributed by atoms with Crippen LogP contribution in [0.15, 0.2) is 18.2 Å². The molecular formula is C15H22FNO. The lowest BCUT2D eigenvalue weighted by atomic mass is 10.1. The maximum atomic E-state index is 14.0. The fourth-order valence-corrected chi connectivity index (χ4v) is 1.89. The minimum atomic E-state index is -0.312. The highest BCUT2D eigenvalue weighted by Gasteiger charge is 2.13. The van der Waals surface area contributed by atoms with Gasteiger partial charge in [0.2, 0.25) is 0 Å². The summed E-state index contributed by atoms with van der Waals surface area (Å²) in [4.78, 5) is 13.2. The van der Waals surface area contributed by atoms with Crippen molar-refractivity contribution in [3.05, 3.63) is 29.6 Å². The predicted molar refractivity (Wildman–Crippen MR) is 73.7 cm³/mol. The van der Waals surface area contributed by atoms with Crippen molar-refractivity contribution in [2.45, 2.75) is 34.1 Å². The number of rotatable bonds is 6. The van der Waals surface area contributed by atoms with Gasteiger partial charge in [-0.05, 0) is 38.0 Å². The van der Waals surface area contributed by atoms with Crippen molar-refractivity contribution in [3.63, 3.8) is 0 Å². The van der Waals surface area contributed by atoms with E-state index in [0.29, 0.717) is 17.2 Å². The Morgan fingerprint density at radius 3 is 2.50 bits per heavy atom. The SMILES string of the molecule is CCC(C)CN(CC)c1ccc(C(C)=O)cc1F. The zero-order valence-corrected chi connectivity index (χ0v) is 11.7. The third-order valence-corrected chi connectivity index (χ3v) is 3.31. The molecule has 3 heteroatoms. The summed E-state index contributed by atoms with van der Waals surface area (Å²) in [6.45, 7) is 9.36. The van der Waals surface area contributed by atoms with E-state index in [2.05, 4.69) is 13.8 Å². The molecule has 0 saturated carbocycles. The largest absolute Gasteiger partial charge is 0.369 e. The highest BCUT2D eigenvalue weighted by molar-refractivity contribution is 5.94. The molecular weight excluding hydrogens is 229 g/mol. The Labute approximate surface area is 109 Å². The van der Waals surface area contributed by atoms with Crippen molar-refractivity contribution in [2.75, 3.05) is 18.0 Å². The molecule has 18 heavy (non-hydrogen) atoms. The Hall–Kier alpha value is -1.38. The van der Waals surface area contributed by atoms with Crippen LogP contribution in [0, 0.1) is 11.7 Å². The van der Waals surface area contributed by atoms with E-state index in [1.54, 1.807) is 12.1 Å². The minimum absolute atomic E-state index is 0.106. The van der Waals surface area contributed by atoms with E-state index in [4.69, 9.17) is 0 Å². The van der Waals surface area contributed by atoms with Gasteiger partial charge in [0, 0.05) is 18.7 Å². The van der Waals surface area contributed by atoms with Crippen molar-refractivity contribution in [3.8, 4) is 0 Å². The standard InChI is InChI=1S/C15H22FNO/c1-5-11(3)10-17(6-2)15-8-7-13(12(4)18)9-14(15)16/h7-9,11H,5-6,10H2,1-4H3. The fourth-order valence-electron chi connectivity index (χ4n) is 1.89. The Morgan fingerprint density at radius 2 is 2.06 bits per heavy atom. The summed E-state index contributed by atoms with van der Waals surface area (Å²) >= 11 is 0. The lowest BCUT2D eigenvalue weighted by Crippen LogP contribution is -2.28. The highest BCUT2D eigenvalue weighted by Crippen LogP contribution is 2.22. The van der Waals surface area contributed by atoms with Gasteiger partial charge in [-0.15, -0.1) is 0 Å². The van der Waals surface area contributed by atoms with E-state index in [1.807, 2.05) is 11.8 Å². The maximum Gasteiger partial charge on any atom is 0.159 e. The summed E-state index contributed by atoms with van der Waals surface area (Å²) < 4.78 is 14.0. The fraction of sp³-hybridized carbons (Fsp3) is 0.533. The number of Topliss-reactive ketones (excluding diaryl/α,β-unsaturated/α-hetero) is 1. The third-order valence-electron chi connectivity index (χ3n) is 3.31. The molecule has 1 atom stereocenters. The molecule has 0 amide bonds. The first kappa shape index (κ1) is 14.7. The average Bonchev–Trinajstić information content (AvgIpc) is 2.35. The normalized spacial score (nSPS) is 12.3. The molecule has 0 aliphatic carbocycles. The van der Waals surface area contributed by atoms with Gasteiger partial charge >= 0.3 is 0 Å². The van der Waals surface area contributed by atoms with Crippen molar-refractivity contribution < 1.29 is 9.18 Å². The van der Waals surface area contributed by atoms with Crippen LogP contribution in [-0.2, 0) is 0 Å². The van der Waals surface area contributed by atoms with Crippen molar-refractivity contribution in [1.29, 1.82) is 0 Å². The summed E-state index contributed by atoms with van der Waals surface area (Å²) in [5, 5.41) is 0. The number of carbonyl (C=O) groups is 1. The molecule has 1 unspecified atom stereocenters. The molecule has 0 aliphatic heterocycles. The van der Waals surface area contributed by atoms with Crippen LogP contribution in [0.4, 0.5) is 10.1 Å². The first-order chi connectivity index (χ1) is 8.49. The topological polar surface area (TPSA) is 20.3 Å². The second kappa shape index (κ2) is 6.53. The summed E-state index contributed by atoms with van der Waals surface area (Å²) in [5.74, 6) is 0.107. The smallest absolute Gasteiger partial charge is 0.159 e. The first-order valence-corrected chi connectivity index (χ1v) is 6.55. The molecule has 0 spiro atoms. The van der Waals surface area contributed by atoms with Crippen LogP contribution >= 0.6 is 0 Å². The monoisotopic (exact) mass is 251 g/mol. The van der Waals surface area contributed by atoms with E-state index >= 15 is 0 Å². The van der Waals surface area contributed by atoms with E-state index in [-0.39, 0.29) is 11.6 Å². The molecule has 1 aromatic carbocycles. The molecule has 0 heterocycles. The average molecular weight is 251 g/mol. The number of hydrogen-bond acceptors (Lipinski definition) is 2. The molecule has 0 fully saturated rings. The molecule has 0 aromatic heterocycles. The molecule has 0 radical (unpaired) electrons. The number of nitrogens with zero attached hydrogens (tertiary/aromatic N) is 1. The number of carbonyl (C=O) groups excluding carboxylic acids is 1. The van der Waals surface area contributed by atoms with Gasteiger partial charge in [0.25, 0.3) is 0 Å². The van der Waals surface area contributed by atoms with E-state index in [0.717, 1.165) is 19.5 Å². The molecule has 1 aromatic rings. The summed E-state index contributed by atoms with van der Waals surface area (Å²) in [7, 11) is 0. The van der Waals surface area contributed by atoms with Gasteiger partial charge in [0.15, 0.2) is 5.78 Å². The van der Waals surface area contributed by atoms with Crippen LogP contribution < -0.4 is 4.90 Å². The van der Waals surface area contributed by atoms with Crippen molar-refractivity contribution in [2.24, 2.45) is 5.92 Å². The van der Waals surface area contributed by atoms with Crippen LogP contribution in [-0.4, -0.2) is 18.9 Å². The molecule has 0 saturated heterocycles. The van der Waals surface area contributed by atoms with Crippen LogP contribution in [0.25, 0.3) is 0 Å². The predicted octanol–water partition coefficient (Wildman–Crippen LogP) is 3.90. The molecule has 0 N–H and O–H groups in total. The maximum absolute atomic E-state index is 14.0. The van der Waals surface area contributed by atoms with Gasteiger partial charge < -0.3 is 4.90 Å². The molecule has 1 rings (SSSR count). The van der Waals surface area contributed by atoms with Gasteiger partial charge in [-0.1, -0.05) is 20.3 Å². The van der Waals surface area contributed by atoms with Gasteiger partial charge in [-0.25, -0.2) is 4.39 Å². The number of benzene rings is 1. The Morgan fingerprint density at radius 1 is 1.39 bits per heavy atom. The van der Waals surface area contributed by atoms with Gasteiger partial charge in [-0.3, -0.25) is 4.79 Å². The summed E-state index contributed by atoms with van der Waals surface area (Å²) in [6.07, 6.45) is 1.07. The van der Waals surface area contributed by atoms with Crippen LogP contribution in [0.3, 0.4) is 0 Å². The Balaban J connectivity index is 2.96. The second-order valence-electron chi connectivity index (χ2n) is 4.77. The van der Waals surface area contributed by atoms with Crippen LogP contribution in [0.1, 0.15) is 44.5 Å². The van der Waals surface area contributed by atoms with E-state index in [1.165, 1.54) is 13.0 Å². The zero-order chi connectivity index (χ0) is 13.7. The summed E-state index contributed by atoms with van der Waals surface area (Å²) in [5.41, 5.74) is 1.01. The lowest BCUT2D eigenvalue weighted by Gasteiger charge is -2.26. The quantitative estimate of drug-likeness (QED) is 0.715. The first-order valence-electron chi connectivity index (χ1n) is 6.55. The lowest BCUT2D eigenvalue weighted by molar-refractivity contribution is 0.101. The summed E-state index contributed by atoms with van der Waals surface area (Å²) in [6, 6.07) is 4.73. The van der Waals surface area contributed by atoms with Crippen molar-refractivity contribution >= 4 is 11.5 Å². The van der Waals surface area contributed by atoms with Gasteiger partial charge in [-0.2, -0.15) is 0 Å². The Kier molecular flexibility index (Phi) is 5.32. The van der Waals surface area contributed by atoms with Gasteiger partial charge in [0.05, 0.1) is 5.69 Å². The van der Waals surface area contributed by atoms with Crippen molar-refractivity contribution in [1.82, 2.24) is 0 Å². The minimum Gasteiger partial charge on any atom is -0.369 e. The number of hydrogen-bond donors (Lipinski definition) is 0. The molecule has 0 bridgehead atoms. The molecule has 100 valence electrons. The van der Waals surface area contributed by atoms with E-state index < -0.39 is 0 Å². The van der Waals surface area contributed by atoms with Gasteiger partial charge in [0.1, 0.15) is 5.82 Å². The Bertz CT molecular complexity index is 417. The number of ketones is 1. The highest BCUT2D eigenvalue weighted by atomic mass is 19.1. The van der Waals surface area contributed by atoms with Crippen LogP contribution in [0.5, 0.6) is 0 Å². The number of halogens is 1. The molecule has 2 nitrogen and oxygen atoms in total. The zero-order valence-electron chi connectivity index (χ0n) is 11.7.